The fourth-order valence-electron chi connectivity index (χ4n) is 2.51. The molecule has 0 bridgehead atoms. The Hall–Kier alpha value is -2.77. The van der Waals surface area contributed by atoms with E-state index in [4.69, 9.17) is 0 Å². The molecule has 2 rings (SSSR count). The highest BCUT2D eigenvalue weighted by atomic mass is 16.5. The number of aliphatic hydroxyl groups is 1. The van der Waals surface area contributed by atoms with E-state index in [1.165, 1.54) is 19.2 Å². The molecule has 7 nitrogen and oxygen atoms in total. The van der Waals surface area contributed by atoms with E-state index in [1.54, 1.807) is 18.2 Å². The monoisotopic (exact) mass is 360 g/mol. The molecule has 0 aliphatic carbocycles. The molecule has 2 aromatic carbocycles. The molecule has 0 heterocycles. The third kappa shape index (κ3) is 5.65. The summed E-state index contributed by atoms with van der Waals surface area (Å²) in [5.41, 5.74) is 1.80. The van der Waals surface area contributed by atoms with Crippen molar-refractivity contribution in [1.29, 1.82) is 0 Å². The quantitative estimate of drug-likeness (QED) is 0.485. The van der Waals surface area contributed by atoms with Gasteiger partial charge in [0.05, 0.1) is 18.9 Å². The van der Waals surface area contributed by atoms with Crippen molar-refractivity contribution in [3.8, 4) is 11.5 Å². The molecular formula is C19H24N2O5. The summed E-state index contributed by atoms with van der Waals surface area (Å²) in [5.74, 6) is 0.119. The Labute approximate surface area is 152 Å². The van der Waals surface area contributed by atoms with Gasteiger partial charge in [0.25, 0.3) is 0 Å². The first kappa shape index (κ1) is 19.6. The Morgan fingerprint density at radius 3 is 2.50 bits per heavy atom. The van der Waals surface area contributed by atoms with Gasteiger partial charge in [-0.1, -0.05) is 18.2 Å². The van der Waals surface area contributed by atoms with Gasteiger partial charge in [0, 0.05) is 12.6 Å². The maximum absolute atomic E-state index is 11.3. The molecule has 0 aliphatic rings. The van der Waals surface area contributed by atoms with Gasteiger partial charge in [-0.3, -0.25) is 5.32 Å². The van der Waals surface area contributed by atoms with Gasteiger partial charge in [-0.05, 0) is 48.7 Å². The summed E-state index contributed by atoms with van der Waals surface area (Å²) in [7, 11) is 1.23. The van der Waals surface area contributed by atoms with E-state index < -0.39 is 12.2 Å². The lowest BCUT2D eigenvalue weighted by Gasteiger charge is -2.18. The zero-order chi connectivity index (χ0) is 19.1. The first-order valence-electron chi connectivity index (χ1n) is 8.26. The van der Waals surface area contributed by atoms with Crippen LogP contribution >= 0.6 is 0 Å². The van der Waals surface area contributed by atoms with Crippen LogP contribution in [-0.4, -0.2) is 41.1 Å². The van der Waals surface area contributed by atoms with Crippen molar-refractivity contribution in [1.82, 2.24) is 5.32 Å². The number of amides is 1. The number of hydrogen-bond donors (Lipinski definition) is 5. The molecule has 0 spiro atoms. The van der Waals surface area contributed by atoms with Crippen LogP contribution in [0.1, 0.15) is 24.2 Å². The predicted octanol–water partition coefficient (Wildman–Crippen LogP) is 2.53. The Balaban J connectivity index is 1.92. The number of phenolic OH excluding ortho intramolecular Hbond substituents is 2. The number of aromatic hydroxyl groups is 2. The van der Waals surface area contributed by atoms with E-state index in [2.05, 4.69) is 15.4 Å². The Kier molecular flexibility index (Phi) is 6.82. The van der Waals surface area contributed by atoms with Crippen molar-refractivity contribution in [2.45, 2.75) is 25.5 Å². The number of hydrogen-bond acceptors (Lipinski definition) is 6. The predicted molar refractivity (Wildman–Crippen MR) is 98.4 cm³/mol. The van der Waals surface area contributed by atoms with E-state index in [0.717, 1.165) is 12.0 Å². The van der Waals surface area contributed by atoms with Crippen LogP contribution in [0.4, 0.5) is 10.5 Å². The molecule has 5 N–H and O–H groups in total. The van der Waals surface area contributed by atoms with Crippen LogP contribution in [0.3, 0.4) is 0 Å². The van der Waals surface area contributed by atoms with Crippen LogP contribution in [0, 0.1) is 0 Å². The highest BCUT2D eigenvalue weighted by molar-refractivity contribution is 5.86. The summed E-state index contributed by atoms with van der Waals surface area (Å²) >= 11 is 0. The maximum atomic E-state index is 11.3. The van der Waals surface area contributed by atoms with Crippen molar-refractivity contribution >= 4 is 11.8 Å². The Morgan fingerprint density at radius 2 is 1.85 bits per heavy atom. The number of anilines is 1. The first-order chi connectivity index (χ1) is 12.4. The highest BCUT2D eigenvalue weighted by Gasteiger charge is 2.14. The molecule has 0 aliphatic heterocycles. The maximum Gasteiger partial charge on any atom is 0.411 e. The Bertz CT molecular complexity index is 733. The van der Waals surface area contributed by atoms with Gasteiger partial charge in [-0.25, -0.2) is 4.79 Å². The first-order valence-corrected chi connectivity index (χ1v) is 8.26. The van der Waals surface area contributed by atoms with Crippen molar-refractivity contribution in [3.63, 3.8) is 0 Å². The van der Waals surface area contributed by atoms with Gasteiger partial charge in [0.2, 0.25) is 0 Å². The number of rotatable bonds is 7. The minimum absolute atomic E-state index is 0.110. The second-order valence-electron chi connectivity index (χ2n) is 6.09. The smallest absolute Gasteiger partial charge is 0.411 e. The molecule has 0 fully saturated rings. The standard InChI is InChI=1S/C19H24N2O5/c1-12(9-13-3-6-15(22)7-4-13)20-11-18(24)14-5-8-17(23)16(10-14)21-19(25)26-2/h3-8,10,12,18,20,22-24H,9,11H2,1-2H3,(H,21,25)/t12-,18-/m1/s1. The topological polar surface area (TPSA) is 111 Å². The average molecular weight is 360 g/mol. The largest absolute Gasteiger partial charge is 0.508 e. The molecule has 0 unspecified atom stereocenters. The third-order valence-electron chi connectivity index (χ3n) is 3.97. The molecule has 0 saturated heterocycles. The summed E-state index contributed by atoms with van der Waals surface area (Å²) in [6.07, 6.45) is -0.763. The average Bonchev–Trinajstić information content (AvgIpc) is 2.63. The number of ether oxygens (including phenoxy) is 1. The second kappa shape index (κ2) is 9.07. The zero-order valence-corrected chi connectivity index (χ0v) is 14.8. The Morgan fingerprint density at radius 1 is 1.15 bits per heavy atom. The van der Waals surface area contributed by atoms with E-state index in [9.17, 15) is 20.1 Å². The highest BCUT2D eigenvalue weighted by Crippen LogP contribution is 2.27. The summed E-state index contributed by atoms with van der Waals surface area (Å²) in [6.45, 7) is 2.31. The minimum atomic E-state index is -0.809. The minimum Gasteiger partial charge on any atom is -0.508 e. The van der Waals surface area contributed by atoms with Gasteiger partial charge in [-0.2, -0.15) is 0 Å². The second-order valence-corrected chi connectivity index (χ2v) is 6.09. The zero-order valence-electron chi connectivity index (χ0n) is 14.8. The molecule has 26 heavy (non-hydrogen) atoms. The molecule has 2 atom stereocenters. The summed E-state index contributed by atoms with van der Waals surface area (Å²) in [4.78, 5) is 11.3. The lowest BCUT2D eigenvalue weighted by Crippen LogP contribution is -2.32. The summed E-state index contributed by atoms with van der Waals surface area (Å²) in [5, 5.41) is 35.1. The van der Waals surface area contributed by atoms with Crippen LogP contribution in [0.25, 0.3) is 0 Å². The van der Waals surface area contributed by atoms with Gasteiger partial charge >= 0.3 is 6.09 Å². The number of benzene rings is 2. The number of nitrogens with one attached hydrogen (secondary N) is 2. The van der Waals surface area contributed by atoms with Crippen molar-refractivity contribution in [2.24, 2.45) is 0 Å². The SMILES string of the molecule is COC(=O)Nc1cc([C@H](O)CN[C@H](C)Cc2ccc(O)cc2)ccc1O. The van der Waals surface area contributed by atoms with Crippen LogP contribution in [-0.2, 0) is 11.2 Å². The summed E-state index contributed by atoms with van der Waals surface area (Å²) in [6, 6.07) is 11.6. The van der Waals surface area contributed by atoms with Crippen LogP contribution < -0.4 is 10.6 Å². The lowest BCUT2D eigenvalue weighted by molar-refractivity contribution is 0.170. The normalized spacial score (nSPS) is 13.0. The molecule has 0 saturated carbocycles. The molecule has 2 aromatic rings. The number of carbonyl (C=O) groups excluding carboxylic acids is 1. The van der Waals surface area contributed by atoms with E-state index >= 15 is 0 Å². The molecular weight excluding hydrogens is 336 g/mol. The number of carbonyl (C=O) groups is 1. The molecule has 7 heteroatoms. The van der Waals surface area contributed by atoms with Crippen LogP contribution in [0.15, 0.2) is 42.5 Å². The third-order valence-corrected chi connectivity index (χ3v) is 3.97. The van der Waals surface area contributed by atoms with Gasteiger partial charge < -0.3 is 25.4 Å². The van der Waals surface area contributed by atoms with Crippen molar-refractivity contribution in [2.75, 3.05) is 19.0 Å². The summed E-state index contributed by atoms with van der Waals surface area (Å²) < 4.78 is 4.50. The fourth-order valence-corrected chi connectivity index (χ4v) is 2.51. The fraction of sp³-hybridized carbons (Fsp3) is 0.316. The molecule has 140 valence electrons. The van der Waals surface area contributed by atoms with Crippen molar-refractivity contribution in [3.05, 3.63) is 53.6 Å². The van der Waals surface area contributed by atoms with Gasteiger partial charge in [0.1, 0.15) is 11.5 Å². The molecule has 0 radical (unpaired) electrons. The van der Waals surface area contributed by atoms with Gasteiger partial charge in [-0.15, -0.1) is 0 Å². The number of methoxy groups -OCH3 is 1. The van der Waals surface area contributed by atoms with E-state index in [1.807, 2.05) is 19.1 Å². The van der Waals surface area contributed by atoms with Gasteiger partial charge in [0.15, 0.2) is 0 Å². The number of phenols is 2. The lowest BCUT2D eigenvalue weighted by atomic mass is 10.1. The molecule has 0 aromatic heterocycles. The van der Waals surface area contributed by atoms with E-state index in [0.29, 0.717) is 12.1 Å². The number of aliphatic hydroxyl groups excluding tert-OH is 1. The van der Waals surface area contributed by atoms with Crippen molar-refractivity contribution < 1.29 is 24.9 Å². The van der Waals surface area contributed by atoms with Crippen LogP contribution in [0.2, 0.25) is 0 Å². The molecule has 1 amide bonds. The van der Waals surface area contributed by atoms with E-state index in [-0.39, 0.29) is 23.2 Å². The van der Waals surface area contributed by atoms with Crippen LogP contribution in [0.5, 0.6) is 11.5 Å².